The average Bonchev–Trinajstić information content (AvgIpc) is 2.84. The maximum absolute atomic E-state index is 12.8. The van der Waals surface area contributed by atoms with E-state index < -0.39 is 10.0 Å². The fourth-order valence-corrected chi connectivity index (χ4v) is 4.86. The van der Waals surface area contributed by atoms with Crippen LogP contribution in [0.15, 0.2) is 89.8 Å². The highest BCUT2D eigenvalue weighted by Gasteiger charge is 2.30. The summed E-state index contributed by atoms with van der Waals surface area (Å²) in [5.74, 6) is 6.21. The highest BCUT2D eigenvalue weighted by Crippen LogP contribution is 2.18. The Morgan fingerprint density at radius 2 is 1.34 bits per heavy atom. The van der Waals surface area contributed by atoms with Crippen molar-refractivity contribution >= 4 is 21.7 Å². The van der Waals surface area contributed by atoms with E-state index in [0.29, 0.717) is 18.8 Å². The van der Waals surface area contributed by atoms with Crippen molar-refractivity contribution in [3.63, 3.8) is 0 Å². The van der Waals surface area contributed by atoms with Gasteiger partial charge < -0.3 is 10.2 Å². The minimum absolute atomic E-state index is 0.255. The van der Waals surface area contributed by atoms with Gasteiger partial charge in [-0.3, -0.25) is 0 Å². The standard InChI is InChI=1S/C25H23N3O3S/c29-25(26-23-11-7-10-22(20-23)15-14-21-8-3-1-4-9-21)27-16-18-28(19-17-27)32(30,31)24-12-5-2-6-13-24/h1-13,20H,16-19H2,(H,26,29). The number of nitrogens with one attached hydrogen (secondary N) is 1. The van der Waals surface area contributed by atoms with Crippen LogP contribution < -0.4 is 5.32 Å². The lowest BCUT2D eigenvalue weighted by Gasteiger charge is -2.34. The third kappa shape index (κ3) is 5.17. The van der Waals surface area contributed by atoms with Crippen molar-refractivity contribution < 1.29 is 13.2 Å². The van der Waals surface area contributed by atoms with Crippen molar-refractivity contribution in [1.82, 2.24) is 9.21 Å². The maximum atomic E-state index is 12.8. The number of carbonyl (C=O) groups excluding carboxylic acids is 1. The summed E-state index contributed by atoms with van der Waals surface area (Å²) >= 11 is 0. The van der Waals surface area contributed by atoms with Gasteiger partial charge in [0.25, 0.3) is 0 Å². The van der Waals surface area contributed by atoms with Crippen LogP contribution in [0, 0.1) is 11.8 Å². The Labute approximate surface area is 188 Å². The van der Waals surface area contributed by atoms with Crippen LogP contribution in [-0.2, 0) is 10.0 Å². The molecule has 0 aromatic heterocycles. The van der Waals surface area contributed by atoms with Gasteiger partial charge in [0.15, 0.2) is 0 Å². The number of benzene rings is 3. The van der Waals surface area contributed by atoms with Crippen molar-refractivity contribution in [3.8, 4) is 11.8 Å². The molecular weight excluding hydrogens is 422 g/mol. The molecule has 0 bridgehead atoms. The first-order chi connectivity index (χ1) is 15.5. The monoisotopic (exact) mass is 445 g/mol. The lowest BCUT2D eigenvalue weighted by Crippen LogP contribution is -2.51. The molecule has 6 nitrogen and oxygen atoms in total. The number of piperazine rings is 1. The molecule has 0 aliphatic carbocycles. The largest absolute Gasteiger partial charge is 0.322 e. The zero-order valence-corrected chi connectivity index (χ0v) is 18.3. The molecule has 2 amide bonds. The second kappa shape index (κ2) is 9.69. The topological polar surface area (TPSA) is 69.7 Å². The molecule has 0 saturated carbocycles. The van der Waals surface area contributed by atoms with Crippen LogP contribution in [0.3, 0.4) is 0 Å². The molecule has 0 spiro atoms. The van der Waals surface area contributed by atoms with Gasteiger partial charge in [-0.2, -0.15) is 4.31 Å². The summed E-state index contributed by atoms with van der Waals surface area (Å²) in [6.45, 7) is 1.16. The number of nitrogens with zero attached hydrogens (tertiary/aromatic N) is 2. The number of urea groups is 1. The van der Waals surface area contributed by atoms with E-state index in [0.717, 1.165) is 11.1 Å². The van der Waals surface area contributed by atoms with Crippen molar-refractivity contribution in [2.75, 3.05) is 31.5 Å². The molecule has 1 fully saturated rings. The smallest absolute Gasteiger partial charge is 0.321 e. The van der Waals surface area contributed by atoms with Crippen molar-refractivity contribution in [3.05, 3.63) is 96.1 Å². The zero-order chi connectivity index (χ0) is 22.4. The summed E-state index contributed by atoms with van der Waals surface area (Å²) < 4.78 is 26.9. The number of sulfonamides is 1. The summed E-state index contributed by atoms with van der Waals surface area (Å²) in [6.07, 6.45) is 0. The highest BCUT2D eigenvalue weighted by atomic mass is 32.2. The molecule has 0 radical (unpaired) electrons. The van der Waals surface area contributed by atoms with E-state index in [1.807, 2.05) is 54.6 Å². The normalized spacial score (nSPS) is 14.3. The molecule has 1 heterocycles. The van der Waals surface area contributed by atoms with Crippen LogP contribution in [0.5, 0.6) is 0 Å². The van der Waals surface area contributed by atoms with E-state index in [-0.39, 0.29) is 24.0 Å². The van der Waals surface area contributed by atoms with Crippen LogP contribution in [-0.4, -0.2) is 49.8 Å². The Kier molecular flexibility index (Phi) is 6.55. The molecule has 4 rings (SSSR count). The molecule has 7 heteroatoms. The van der Waals surface area contributed by atoms with Crippen LogP contribution >= 0.6 is 0 Å². The Bertz CT molecular complexity index is 1240. The number of hydrogen-bond acceptors (Lipinski definition) is 3. The Balaban J connectivity index is 1.36. The summed E-state index contributed by atoms with van der Waals surface area (Å²) in [4.78, 5) is 14.6. The molecule has 32 heavy (non-hydrogen) atoms. The van der Waals surface area contributed by atoms with Gasteiger partial charge in [-0.25, -0.2) is 13.2 Å². The summed E-state index contributed by atoms with van der Waals surface area (Å²) in [5, 5.41) is 2.89. The van der Waals surface area contributed by atoms with Crippen molar-refractivity contribution in [2.45, 2.75) is 4.90 Å². The lowest BCUT2D eigenvalue weighted by atomic mass is 10.1. The lowest BCUT2D eigenvalue weighted by molar-refractivity contribution is 0.184. The molecule has 1 aliphatic rings. The molecule has 3 aromatic carbocycles. The van der Waals surface area contributed by atoms with Crippen LogP contribution in [0.4, 0.5) is 10.5 Å². The van der Waals surface area contributed by atoms with E-state index >= 15 is 0 Å². The van der Waals surface area contributed by atoms with Crippen LogP contribution in [0.25, 0.3) is 0 Å². The van der Waals surface area contributed by atoms with Gasteiger partial charge in [0.05, 0.1) is 4.90 Å². The SMILES string of the molecule is O=C(Nc1cccc(C#Cc2ccccc2)c1)N1CCN(S(=O)(=O)c2ccccc2)CC1. The van der Waals surface area contributed by atoms with E-state index in [4.69, 9.17) is 0 Å². The second-order valence-corrected chi connectivity index (χ2v) is 9.27. The summed E-state index contributed by atoms with van der Waals surface area (Å²) in [5.41, 5.74) is 2.37. The van der Waals surface area contributed by atoms with Gasteiger partial charge in [0, 0.05) is 43.0 Å². The van der Waals surface area contributed by atoms with Gasteiger partial charge >= 0.3 is 6.03 Å². The number of amides is 2. The van der Waals surface area contributed by atoms with Crippen molar-refractivity contribution in [1.29, 1.82) is 0 Å². The Hall–Kier alpha value is -3.60. The molecular formula is C25H23N3O3S. The third-order valence-corrected chi connectivity index (χ3v) is 7.06. The minimum Gasteiger partial charge on any atom is -0.322 e. The molecule has 0 unspecified atom stereocenters. The first kappa shape index (κ1) is 21.6. The van der Waals surface area contributed by atoms with Gasteiger partial charge in [-0.05, 0) is 42.5 Å². The molecule has 1 saturated heterocycles. The molecule has 1 N–H and O–H groups in total. The number of rotatable bonds is 3. The quantitative estimate of drug-likeness (QED) is 0.626. The predicted molar refractivity (Wildman–Crippen MR) is 125 cm³/mol. The Morgan fingerprint density at radius 3 is 2.03 bits per heavy atom. The second-order valence-electron chi connectivity index (χ2n) is 7.33. The number of carbonyl (C=O) groups is 1. The van der Waals surface area contributed by atoms with E-state index in [9.17, 15) is 13.2 Å². The highest BCUT2D eigenvalue weighted by molar-refractivity contribution is 7.89. The van der Waals surface area contributed by atoms with E-state index in [2.05, 4.69) is 17.2 Å². The fraction of sp³-hybridized carbons (Fsp3) is 0.160. The molecule has 162 valence electrons. The first-order valence-corrected chi connectivity index (χ1v) is 11.7. The van der Waals surface area contributed by atoms with Gasteiger partial charge in [0.1, 0.15) is 0 Å². The summed E-state index contributed by atoms with van der Waals surface area (Å²) in [6, 6.07) is 25.2. The minimum atomic E-state index is -3.55. The van der Waals surface area contributed by atoms with Gasteiger partial charge in [-0.1, -0.05) is 54.3 Å². The molecule has 0 atom stereocenters. The zero-order valence-electron chi connectivity index (χ0n) is 17.4. The first-order valence-electron chi connectivity index (χ1n) is 10.3. The van der Waals surface area contributed by atoms with E-state index in [1.54, 1.807) is 35.2 Å². The van der Waals surface area contributed by atoms with Crippen molar-refractivity contribution in [2.24, 2.45) is 0 Å². The molecule has 3 aromatic rings. The predicted octanol–water partition coefficient (Wildman–Crippen LogP) is 3.62. The average molecular weight is 446 g/mol. The Morgan fingerprint density at radius 1 is 0.750 bits per heavy atom. The number of hydrogen-bond donors (Lipinski definition) is 1. The van der Waals surface area contributed by atoms with Crippen LogP contribution in [0.2, 0.25) is 0 Å². The number of anilines is 1. The third-order valence-electron chi connectivity index (χ3n) is 5.15. The van der Waals surface area contributed by atoms with E-state index in [1.165, 1.54) is 4.31 Å². The fourth-order valence-electron chi connectivity index (χ4n) is 3.42. The van der Waals surface area contributed by atoms with Crippen LogP contribution in [0.1, 0.15) is 11.1 Å². The van der Waals surface area contributed by atoms with Gasteiger partial charge in [0.2, 0.25) is 10.0 Å². The summed E-state index contributed by atoms with van der Waals surface area (Å²) in [7, 11) is -3.55. The maximum Gasteiger partial charge on any atom is 0.321 e. The van der Waals surface area contributed by atoms with Gasteiger partial charge in [-0.15, -0.1) is 0 Å². The molecule has 1 aliphatic heterocycles.